The van der Waals surface area contributed by atoms with Gasteiger partial charge in [-0.2, -0.15) is 0 Å². The van der Waals surface area contributed by atoms with E-state index in [9.17, 15) is 9.90 Å². The zero-order valence-corrected chi connectivity index (χ0v) is 11.1. The lowest BCUT2D eigenvalue weighted by atomic mass is 9.90. The monoisotopic (exact) mass is 262 g/mol. The summed E-state index contributed by atoms with van der Waals surface area (Å²) >= 11 is 0. The van der Waals surface area contributed by atoms with Crippen molar-refractivity contribution in [3.8, 4) is 0 Å². The van der Waals surface area contributed by atoms with E-state index in [1.165, 1.54) is 0 Å². The van der Waals surface area contributed by atoms with E-state index in [1.807, 2.05) is 60.7 Å². The molecule has 1 N–H and O–H groups in total. The van der Waals surface area contributed by atoms with Crippen LogP contribution in [0, 0.1) is 0 Å². The van der Waals surface area contributed by atoms with E-state index in [4.69, 9.17) is 0 Å². The van der Waals surface area contributed by atoms with Crippen molar-refractivity contribution >= 4 is 23.7 Å². The number of aliphatic carboxylic acids is 1. The molecule has 0 aromatic heterocycles. The Hall–Kier alpha value is -2.61. The van der Waals surface area contributed by atoms with Crippen LogP contribution in [0.15, 0.2) is 54.1 Å². The first-order chi connectivity index (χ1) is 9.68. The minimum absolute atomic E-state index is 0.369. The van der Waals surface area contributed by atoms with Crippen LogP contribution in [0.3, 0.4) is 0 Å². The smallest absolute Gasteiger partial charge is 0.331 e. The maximum atomic E-state index is 11.5. The highest BCUT2D eigenvalue weighted by Crippen LogP contribution is 2.35. The average molecular weight is 262 g/mol. The van der Waals surface area contributed by atoms with Gasteiger partial charge in [-0.25, -0.2) is 4.79 Å². The van der Waals surface area contributed by atoms with Gasteiger partial charge in [0.2, 0.25) is 0 Å². The van der Waals surface area contributed by atoms with Crippen LogP contribution in [0.25, 0.3) is 17.7 Å². The second-order valence-electron chi connectivity index (χ2n) is 4.81. The molecule has 2 aromatic carbocycles. The van der Waals surface area contributed by atoms with Crippen molar-refractivity contribution in [2.24, 2.45) is 0 Å². The van der Waals surface area contributed by atoms with E-state index in [0.717, 1.165) is 27.8 Å². The van der Waals surface area contributed by atoms with Crippen molar-refractivity contribution < 1.29 is 9.90 Å². The second kappa shape index (κ2) is 4.82. The molecular formula is C18H14O2. The molecule has 0 aliphatic heterocycles. The van der Waals surface area contributed by atoms with Gasteiger partial charge in [-0.15, -0.1) is 0 Å². The molecule has 98 valence electrons. The Morgan fingerprint density at radius 2 is 1.30 bits per heavy atom. The lowest BCUT2D eigenvalue weighted by molar-refractivity contribution is -0.132. The number of fused-ring (bicyclic) bond motifs is 2. The summed E-state index contributed by atoms with van der Waals surface area (Å²) in [4.78, 5) is 11.5. The van der Waals surface area contributed by atoms with Gasteiger partial charge in [0.1, 0.15) is 0 Å². The molecule has 0 bridgehead atoms. The Kier molecular flexibility index (Phi) is 2.99. The van der Waals surface area contributed by atoms with E-state index >= 15 is 0 Å². The number of benzene rings is 2. The summed E-state index contributed by atoms with van der Waals surface area (Å²) in [6.07, 6.45) is 4.08. The van der Waals surface area contributed by atoms with Gasteiger partial charge in [0.25, 0.3) is 0 Å². The van der Waals surface area contributed by atoms with Crippen molar-refractivity contribution in [1.29, 1.82) is 0 Å². The van der Waals surface area contributed by atoms with Gasteiger partial charge in [-0.1, -0.05) is 60.7 Å². The molecule has 0 radical (unpaired) electrons. The van der Waals surface area contributed by atoms with Crippen LogP contribution in [0.5, 0.6) is 0 Å². The third-order valence-electron chi connectivity index (χ3n) is 3.60. The molecule has 2 aromatic rings. The molecule has 0 heterocycles. The lowest BCUT2D eigenvalue weighted by Crippen LogP contribution is -2.03. The van der Waals surface area contributed by atoms with Crippen LogP contribution >= 0.6 is 0 Å². The van der Waals surface area contributed by atoms with E-state index in [1.54, 1.807) is 6.92 Å². The number of rotatable bonds is 1. The average Bonchev–Trinajstić information content (AvgIpc) is 2.63. The van der Waals surface area contributed by atoms with E-state index in [2.05, 4.69) is 0 Å². The molecule has 0 atom stereocenters. The molecule has 0 amide bonds. The predicted octanol–water partition coefficient (Wildman–Crippen LogP) is 4.08. The first-order valence-corrected chi connectivity index (χ1v) is 6.49. The van der Waals surface area contributed by atoms with Gasteiger partial charge in [0.15, 0.2) is 0 Å². The molecule has 0 saturated carbocycles. The molecule has 0 fully saturated rings. The van der Waals surface area contributed by atoms with Crippen molar-refractivity contribution in [2.75, 3.05) is 0 Å². The maximum absolute atomic E-state index is 11.5. The topological polar surface area (TPSA) is 37.3 Å². The van der Waals surface area contributed by atoms with Crippen molar-refractivity contribution in [1.82, 2.24) is 0 Å². The minimum atomic E-state index is -0.883. The number of hydrogen-bond donors (Lipinski definition) is 1. The summed E-state index contributed by atoms with van der Waals surface area (Å²) < 4.78 is 0. The number of carboxylic acids is 1. The fourth-order valence-corrected chi connectivity index (χ4v) is 2.58. The van der Waals surface area contributed by atoms with Crippen LogP contribution in [0.2, 0.25) is 0 Å². The number of carboxylic acid groups (broad SMARTS) is 1. The Morgan fingerprint density at radius 3 is 1.75 bits per heavy atom. The fraction of sp³-hybridized carbons (Fsp3) is 0.0556. The molecule has 2 heteroatoms. The van der Waals surface area contributed by atoms with Crippen molar-refractivity contribution in [2.45, 2.75) is 6.92 Å². The third kappa shape index (κ3) is 1.95. The molecule has 1 aliphatic rings. The predicted molar refractivity (Wildman–Crippen MR) is 81.1 cm³/mol. The maximum Gasteiger partial charge on any atom is 0.331 e. The van der Waals surface area contributed by atoms with Gasteiger partial charge in [-0.3, -0.25) is 0 Å². The zero-order valence-electron chi connectivity index (χ0n) is 11.1. The fourth-order valence-electron chi connectivity index (χ4n) is 2.58. The van der Waals surface area contributed by atoms with Gasteiger partial charge < -0.3 is 5.11 Å². The number of hydrogen-bond acceptors (Lipinski definition) is 1. The van der Waals surface area contributed by atoms with Crippen molar-refractivity contribution in [3.63, 3.8) is 0 Å². The molecule has 0 spiro atoms. The quantitative estimate of drug-likeness (QED) is 0.671. The van der Waals surface area contributed by atoms with Crippen molar-refractivity contribution in [3.05, 3.63) is 76.4 Å². The Labute approximate surface area is 117 Å². The molecule has 0 saturated heterocycles. The second-order valence-corrected chi connectivity index (χ2v) is 4.81. The highest BCUT2D eigenvalue weighted by atomic mass is 16.4. The SMILES string of the molecule is CC(C(=O)O)=C1c2ccccc2C=Cc2ccccc21. The summed E-state index contributed by atoms with van der Waals surface area (Å²) in [6, 6.07) is 15.8. The van der Waals surface area contributed by atoms with E-state index < -0.39 is 5.97 Å². The normalized spacial score (nSPS) is 12.3. The number of carbonyl (C=O) groups is 1. The highest BCUT2D eigenvalue weighted by molar-refractivity contribution is 6.04. The third-order valence-corrected chi connectivity index (χ3v) is 3.60. The highest BCUT2D eigenvalue weighted by Gasteiger charge is 2.19. The van der Waals surface area contributed by atoms with Gasteiger partial charge >= 0.3 is 5.97 Å². The van der Waals surface area contributed by atoms with E-state index in [0.29, 0.717) is 5.57 Å². The van der Waals surface area contributed by atoms with Gasteiger partial charge in [0.05, 0.1) is 0 Å². The summed E-state index contributed by atoms with van der Waals surface area (Å²) in [6.45, 7) is 1.66. The summed E-state index contributed by atoms with van der Waals surface area (Å²) in [5.74, 6) is -0.883. The largest absolute Gasteiger partial charge is 0.478 e. The molecule has 0 unspecified atom stereocenters. The van der Waals surface area contributed by atoms with Crippen LogP contribution in [-0.4, -0.2) is 11.1 Å². The van der Waals surface area contributed by atoms with Crippen LogP contribution in [0.4, 0.5) is 0 Å². The summed E-state index contributed by atoms with van der Waals surface area (Å²) in [5.41, 5.74) is 5.18. The molecular weight excluding hydrogens is 248 g/mol. The first-order valence-electron chi connectivity index (χ1n) is 6.49. The molecule has 20 heavy (non-hydrogen) atoms. The Balaban J connectivity index is 2.41. The summed E-state index contributed by atoms with van der Waals surface area (Å²) in [7, 11) is 0. The first kappa shape index (κ1) is 12.4. The molecule has 2 nitrogen and oxygen atoms in total. The standard InChI is InChI=1S/C18H14O2/c1-12(18(19)20)17-15-8-4-2-6-13(15)10-11-14-7-3-5-9-16(14)17/h2-11H,1H3,(H,19,20). The van der Waals surface area contributed by atoms with Gasteiger partial charge in [-0.05, 0) is 29.2 Å². The molecule has 1 aliphatic carbocycles. The minimum Gasteiger partial charge on any atom is -0.478 e. The Bertz CT molecular complexity index is 700. The van der Waals surface area contributed by atoms with Crippen LogP contribution in [0.1, 0.15) is 29.2 Å². The van der Waals surface area contributed by atoms with Crippen LogP contribution in [-0.2, 0) is 4.79 Å². The zero-order chi connectivity index (χ0) is 14.1. The van der Waals surface area contributed by atoms with Gasteiger partial charge in [0, 0.05) is 11.1 Å². The Morgan fingerprint density at radius 1 is 0.850 bits per heavy atom. The van der Waals surface area contributed by atoms with Crippen LogP contribution < -0.4 is 0 Å². The summed E-state index contributed by atoms with van der Waals surface area (Å²) in [5, 5.41) is 9.40. The molecule has 3 rings (SSSR count). The van der Waals surface area contributed by atoms with E-state index in [-0.39, 0.29) is 0 Å². The lowest BCUT2D eigenvalue weighted by Gasteiger charge is -2.13.